The van der Waals surface area contributed by atoms with Crippen molar-refractivity contribution >= 4 is 23.6 Å². The quantitative estimate of drug-likeness (QED) is 0.417. The van der Waals surface area contributed by atoms with Crippen molar-refractivity contribution in [3.05, 3.63) is 58.9 Å². The molecule has 0 N–H and O–H groups in total. The van der Waals surface area contributed by atoms with Crippen molar-refractivity contribution in [3.8, 4) is 0 Å². The number of ether oxygens (including phenoxy) is 1. The van der Waals surface area contributed by atoms with Gasteiger partial charge in [0.05, 0.1) is 17.9 Å². The first-order valence-electron chi connectivity index (χ1n) is 10.7. The van der Waals surface area contributed by atoms with Gasteiger partial charge in [-0.1, -0.05) is 19.9 Å². The predicted octanol–water partition coefficient (Wildman–Crippen LogP) is 6.26. The Labute approximate surface area is 178 Å². The Morgan fingerprint density at radius 3 is 2.77 bits per heavy atom. The predicted molar refractivity (Wildman–Crippen MR) is 121 cm³/mol. The van der Waals surface area contributed by atoms with Crippen LogP contribution in [0.1, 0.15) is 74.9 Å². The second-order valence-electron chi connectivity index (χ2n) is 8.53. The molecule has 5 heteroatoms. The summed E-state index contributed by atoms with van der Waals surface area (Å²) in [6.45, 7) is 11.8. The topological polar surface area (TPSA) is 41.9 Å². The van der Waals surface area contributed by atoms with Crippen molar-refractivity contribution in [2.24, 2.45) is 4.99 Å². The fourth-order valence-electron chi connectivity index (χ4n) is 4.34. The fraction of sp³-hybridized carbons (Fsp3) is 0.440. The molecular weight excluding hydrogens is 379 g/mol. The summed E-state index contributed by atoms with van der Waals surface area (Å²) in [4.78, 5) is 18.7. The van der Waals surface area contributed by atoms with E-state index in [1.807, 2.05) is 6.07 Å². The molecule has 0 aromatic heterocycles. The first kappa shape index (κ1) is 22.0. The van der Waals surface area contributed by atoms with Gasteiger partial charge in [-0.25, -0.2) is 9.18 Å². The lowest BCUT2D eigenvalue weighted by Crippen LogP contribution is -2.48. The zero-order chi connectivity index (χ0) is 21.9. The molecule has 0 fully saturated rings. The molecule has 0 saturated carbocycles. The minimum absolute atomic E-state index is 0.00197. The zero-order valence-electron chi connectivity index (χ0n) is 18.5. The Hall–Kier alpha value is -2.69. The van der Waals surface area contributed by atoms with Gasteiger partial charge in [-0.05, 0) is 75.4 Å². The van der Waals surface area contributed by atoms with Gasteiger partial charge in [0.15, 0.2) is 0 Å². The van der Waals surface area contributed by atoms with E-state index in [4.69, 9.17) is 4.74 Å². The first-order valence-corrected chi connectivity index (χ1v) is 10.7. The summed E-state index contributed by atoms with van der Waals surface area (Å²) in [5.41, 5.74) is 3.62. The van der Waals surface area contributed by atoms with E-state index in [0.717, 1.165) is 30.6 Å². The van der Waals surface area contributed by atoms with Gasteiger partial charge in [0.25, 0.3) is 0 Å². The summed E-state index contributed by atoms with van der Waals surface area (Å²) in [5, 5.41) is 0. The van der Waals surface area contributed by atoms with Crippen LogP contribution in [-0.4, -0.2) is 30.9 Å². The SMILES string of the molecule is CCCN1c2cc(F)c(C=Nc3cccc(C(=O)OCC)c3)cc2C(C)CC1(C)C. The number of fused-ring (bicyclic) bond motifs is 1. The minimum atomic E-state index is -0.387. The highest BCUT2D eigenvalue weighted by Crippen LogP contribution is 2.44. The van der Waals surface area contributed by atoms with Gasteiger partial charge in [-0.3, -0.25) is 4.99 Å². The molecule has 0 aliphatic carbocycles. The monoisotopic (exact) mass is 410 g/mol. The van der Waals surface area contributed by atoms with Crippen LogP contribution in [0.2, 0.25) is 0 Å². The van der Waals surface area contributed by atoms with E-state index >= 15 is 0 Å². The number of hydrogen-bond donors (Lipinski definition) is 0. The molecule has 30 heavy (non-hydrogen) atoms. The lowest BCUT2D eigenvalue weighted by molar-refractivity contribution is 0.0526. The van der Waals surface area contributed by atoms with E-state index in [9.17, 15) is 9.18 Å². The Bertz CT molecular complexity index is 952. The largest absolute Gasteiger partial charge is 0.462 e. The number of aliphatic imine (C=N–C) groups is 1. The van der Waals surface area contributed by atoms with Gasteiger partial charge in [0, 0.05) is 29.5 Å². The molecule has 0 saturated heterocycles. The van der Waals surface area contributed by atoms with Crippen LogP contribution >= 0.6 is 0 Å². The maximum Gasteiger partial charge on any atom is 0.338 e. The van der Waals surface area contributed by atoms with Gasteiger partial charge in [-0.2, -0.15) is 0 Å². The maximum atomic E-state index is 15.0. The van der Waals surface area contributed by atoms with Crippen LogP contribution in [0.4, 0.5) is 15.8 Å². The molecule has 0 bridgehead atoms. The van der Waals surface area contributed by atoms with Gasteiger partial charge < -0.3 is 9.64 Å². The second-order valence-corrected chi connectivity index (χ2v) is 8.53. The molecule has 2 aromatic carbocycles. The van der Waals surface area contributed by atoms with Crippen LogP contribution in [0.15, 0.2) is 41.4 Å². The molecule has 1 heterocycles. The summed E-state index contributed by atoms with van der Waals surface area (Å²) in [6.07, 6.45) is 3.57. The van der Waals surface area contributed by atoms with Crippen LogP contribution in [-0.2, 0) is 4.74 Å². The van der Waals surface area contributed by atoms with Crippen molar-refractivity contribution in [3.63, 3.8) is 0 Å². The fourth-order valence-corrected chi connectivity index (χ4v) is 4.34. The van der Waals surface area contributed by atoms with Gasteiger partial charge in [-0.15, -0.1) is 0 Å². The number of benzene rings is 2. The summed E-state index contributed by atoms with van der Waals surface area (Å²) in [7, 11) is 0. The van der Waals surface area contributed by atoms with Crippen molar-refractivity contribution < 1.29 is 13.9 Å². The Morgan fingerprint density at radius 1 is 1.30 bits per heavy atom. The summed E-state index contributed by atoms with van der Waals surface area (Å²) >= 11 is 0. The van der Waals surface area contributed by atoms with E-state index in [0.29, 0.717) is 29.3 Å². The third-order valence-corrected chi connectivity index (χ3v) is 5.66. The van der Waals surface area contributed by atoms with Crippen LogP contribution in [0.25, 0.3) is 0 Å². The molecule has 3 rings (SSSR count). The van der Waals surface area contributed by atoms with Gasteiger partial charge in [0.1, 0.15) is 5.82 Å². The molecule has 1 atom stereocenters. The van der Waals surface area contributed by atoms with Crippen LogP contribution in [0, 0.1) is 5.82 Å². The Balaban J connectivity index is 1.93. The average molecular weight is 411 g/mol. The molecule has 1 aliphatic heterocycles. The number of rotatable bonds is 6. The van der Waals surface area contributed by atoms with E-state index < -0.39 is 0 Å². The maximum absolute atomic E-state index is 15.0. The number of esters is 1. The number of carbonyl (C=O) groups is 1. The molecule has 4 nitrogen and oxygen atoms in total. The molecule has 1 unspecified atom stereocenters. The van der Waals surface area contributed by atoms with E-state index in [-0.39, 0.29) is 17.3 Å². The highest BCUT2D eigenvalue weighted by atomic mass is 19.1. The Morgan fingerprint density at radius 2 is 2.07 bits per heavy atom. The van der Waals surface area contributed by atoms with Crippen molar-refractivity contribution in [2.75, 3.05) is 18.1 Å². The molecule has 2 aromatic rings. The van der Waals surface area contributed by atoms with Crippen LogP contribution < -0.4 is 4.90 Å². The third-order valence-electron chi connectivity index (χ3n) is 5.66. The third kappa shape index (κ3) is 4.55. The van der Waals surface area contributed by atoms with E-state index in [2.05, 4.69) is 37.6 Å². The number of halogens is 1. The van der Waals surface area contributed by atoms with Gasteiger partial charge >= 0.3 is 5.97 Å². The lowest BCUT2D eigenvalue weighted by atomic mass is 9.79. The molecule has 0 spiro atoms. The number of hydrogen-bond acceptors (Lipinski definition) is 4. The molecule has 0 radical (unpaired) electrons. The summed E-state index contributed by atoms with van der Waals surface area (Å²) < 4.78 is 20.0. The highest BCUT2D eigenvalue weighted by Gasteiger charge is 2.36. The zero-order valence-corrected chi connectivity index (χ0v) is 18.5. The van der Waals surface area contributed by atoms with Crippen molar-refractivity contribution in [2.45, 2.75) is 58.9 Å². The summed E-state index contributed by atoms with van der Waals surface area (Å²) in [5.74, 6) is -0.338. The molecule has 160 valence electrons. The second kappa shape index (κ2) is 8.99. The van der Waals surface area contributed by atoms with Crippen LogP contribution in [0.5, 0.6) is 0 Å². The number of carbonyl (C=O) groups excluding carboxylic acids is 1. The minimum Gasteiger partial charge on any atom is -0.462 e. The average Bonchev–Trinajstić information content (AvgIpc) is 2.70. The standard InChI is InChI=1S/C25H31FN2O2/c1-6-11-28-23-14-22(26)19(13-21(23)17(3)15-25(28,4)5)16-27-20-10-8-9-18(12-20)24(29)30-7-2/h8-10,12-14,16-17H,6-7,11,15H2,1-5H3. The van der Waals surface area contributed by atoms with Crippen LogP contribution in [0.3, 0.4) is 0 Å². The van der Waals surface area contributed by atoms with Crippen molar-refractivity contribution in [1.82, 2.24) is 0 Å². The highest BCUT2D eigenvalue weighted by molar-refractivity contribution is 5.91. The number of anilines is 1. The lowest BCUT2D eigenvalue weighted by Gasteiger charge is -2.47. The summed E-state index contributed by atoms with van der Waals surface area (Å²) in [6, 6.07) is 10.4. The molecule has 0 amide bonds. The first-order chi connectivity index (χ1) is 14.3. The van der Waals surface area contributed by atoms with Gasteiger partial charge in [0.2, 0.25) is 0 Å². The van der Waals surface area contributed by atoms with E-state index in [1.54, 1.807) is 37.3 Å². The van der Waals surface area contributed by atoms with E-state index in [1.165, 1.54) is 6.21 Å². The molecular formula is C25H31FN2O2. The molecule has 1 aliphatic rings. The Kier molecular flexibility index (Phi) is 6.59. The smallest absolute Gasteiger partial charge is 0.338 e. The normalized spacial score (nSPS) is 17.8. The van der Waals surface area contributed by atoms with Crippen molar-refractivity contribution in [1.29, 1.82) is 0 Å². The number of nitrogens with zero attached hydrogens (tertiary/aromatic N) is 2.